The number of rotatable bonds is 3. The Morgan fingerprint density at radius 2 is 2.11 bits per heavy atom. The van der Waals surface area contributed by atoms with E-state index in [1.807, 2.05) is 11.9 Å². The number of anilines is 1. The van der Waals surface area contributed by atoms with Crippen LogP contribution in [-0.2, 0) is 0 Å². The summed E-state index contributed by atoms with van der Waals surface area (Å²) < 4.78 is 0. The van der Waals surface area contributed by atoms with Crippen molar-refractivity contribution in [3.63, 3.8) is 0 Å². The van der Waals surface area contributed by atoms with E-state index in [1.165, 1.54) is 25.5 Å². The van der Waals surface area contributed by atoms with Gasteiger partial charge < -0.3 is 10.2 Å². The predicted molar refractivity (Wildman–Crippen MR) is 75.1 cm³/mol. The summed E-state index contributed by atoms with van der Waals surface area (Å²) in [5.41, 5.74) is 0.409. The zero-order valence-electron chi connectivity index (χ0n) is 11.9. The van der Waals surface area contributed by atoms with Crippen molar-refractivity contribution in [2.75, 3.05) is 19.4 Å². The molecular weight excluding hydrogens is 240 g/mol. The van der Waals surface area contributed by atoms with E-state index in [4.69, 9.17) is 0 Å². The Balaban J connectivity index is 2.13. The summed E-state index contributed by atoms with van der Waals surface area (Å²) in [6.45, 7) is 2.23. The highest BCUT2D eigenvalue weighted by atomic mass is 16.2. The zero-order chi connectivity index (χ0) is 13.8. The highest BCUT2D eigenvalue weighted by Crippen LogP contribution is 2.28. The molecule has 0 radical (unpaired) electrons. The number of carbonyl (C=O) groups is 1. The quantitative estimate of drug-likeness (QED) is 0.907. The Morgan fingerprint density at radius 1 is 1.37 bits per heavy atom. The molecule has 2 atom stereocenters. The Bertz CT molecular complexity index is 449. The Labute approximate surface area is 114 Å². The fraction of sp³-hybridized carbons (Fsp3) is 0.643. The first-order valence-electron chi connectivity index (χ1n) is 6.90. The van der Waals surface area contributed by atoms with Crippen LogP contribution in [0.4, 0.5) is 5.82 Å². The van der Waals surface area contributed by atoms with Crippen LogP contribution in [0.5, 0.6) is 0 Å². The van der Waals surface area contributed by atoms with E-state index in [0.29, 0.717) is 23.5 Å². The van der Waals surface area contributed by atoms with Gasteiger partial charge in [0.2, 0.25) is 0 Å². The average molecular weight is 262 g/mol. The SMILES string of the molecule is CNc1cncc(C(=O)N(C)C2CCCCC2C)n1. The molecule has 19 heavy (non-hydrogen) atoms. The molecule has 2 rings (SSSR count). The molecule has 1 aliphatic carbocycles. The lowest BCUT2D eigenvalue weighted by atomic mass is 9.85. The van der Waals surface area contributed by atoms with Crippen LogP contribution in [0.25, 0.3) is 0 Å². The smallest absolute Gasteiger partial charge is 0.274 e. The zero-order valence-corrected chi connectivity index (χ0v) is 11.9. The van der Waals surface area contributed by atoms with Gasteiger partial charge in [0.15, 0.2) is 0 Å². The maximum absolute atomic E-state index is 12.5. The monoisotopic (exact) mass is 262 g/mol. The van der Waals surface area contributed by atoms with Crippen LogP contribution in [0, 0.1) is 5.92 Å². The normalized spacial score (nSPS) is 22.9. The lowest BCUT2D eigenvalue weighted by Gasteiger charge is -2.36. The van der Waals surface area contributed by atoms with E-state index in [0.717, 1.165) is 6.42 Å². The molecule has 1 N–H and O–H groups in total. The lowest BCUT2D eigenvalue weighted by molar-refractivity contribution is 0.0622. The van der Waals surface area contributed by atoms with Crippen molar-refractivity contribution in [1.82, 2.24) is 14.9 Å². The molecule has 0 bridgehead atoms. The van der Waals surface area contributed by atoms with E-state index in [9.17, 15) is 4.79 Å². The standard InChI is InChI=1S/C14H22N4O/c1-10-6-4-5-7-12(10)18(3)14(19)11-8-16-9-13(15-2)17-11/h8-10,12H,4-7H2,1-3H3,(H,15,17). The molecule has 1 saturated carbocycles. The van der Waals surface area contributed by atoms with Gasteiger partial charge in [0.1, 0.15) is 11.5 Å². The molecule has 1 amide bonds. The minimum absolute atomic E-state index is 0.0386. The number of nitrogens with zero attached hydrogens (tertiary/aromatic N) is 3. The largest absolute Gasteiger partial charge is 0.372 e. The van der Waals surface area contributed by atoms with Gasteiger partial charge in [-0.15, -0.1) is 0 Å². The van der Waals surface area contributed by atoms with Gasteiger partial charge in [0.05, 0.1) is 12.4 Å². The first-order chi connectivity index (χ1) is 9.13. The minimum Gasteiger partial charge on any atom is -0.372 e. The van der Waals surface area contributed by atoms with Gasteiger partial charge in [-0.1, -0.05) is 19.8 Å². The molecule has 0 aliphatic heterocycles. The van der Waals surface area contributed by atoms with Crippen LogP contribution in [0.2, 0.25) is 0 Å². The van der Waals surface area contributed by atoms with Crippen LogP contribution >= 0.6 is 0 Å². The summed E-state index contributed by atoms with van der Waals surface area (Å²) in [5, 5.41) is 2.91. The molecule has 1 heterocycles. The molecule has 1 aliphatic rings. The fourth-order valence-corrected chi connectivity index (χ4v) is 2.79. The predicted octanol–water partition coefficient (Wildman–Crippen LogP) is 2.17. The van der Waals surface area contributed by atoms with Gasteiger partial charge >= 0.3 is 0 Å². The molecule has 0 saturated heterocycles. The Kier molecular flexibility index (Phi) is 4.35. The molecular formula is C14H22N4O. The van der Waals surface area contributed by atoms with E-state index >= 15 is 0 Å². The van der Waals surface area contributed by atoms with Gasteiger partial charge in [-0.05, 0) is 18.8 Å². The van der Waals surface area contributed by atoms with Crippen molar-refractivity contribution >= 4 is 11.7 Å². The third-order valence-electron chi connectivity index (χ3n) is 3.99. The third-order valence-corrected chi connectivity index (χ3v) is 3.99. The highest BCUT2D eigenvalue weighted by molar-refractivity contribution is 5.92. The van der Waals surface area contributed by atoms with E-state index in [-0.39, 0.29) is 5.91 Å². The van der Waals surface area contributed by atoms with Crippen LogP contribution in [0.1, 0.15) is 43.1 Å². The van der Waals surface area contributed by atoms with Crippen molar-refractivity contribution in [2.24, 2.45) is 5.92 Å². The number of carbonyl (C=O) groups excluding carboxylic acids is 1. The first-order valence-corrected chi connectivity index (χ1v) is 6.90. The Hall–Kier alpha value is -1.65. The van der Waals surface area contributed by atoms with Crippen molar-refractivity contribution in [1.29, 1.82) is 0 Å². The lowest BCUT2D eigenvalue weighted by Crippen LogP contribution is -2.43. The second kappa shape index (κ2) is 5.99. The fourth-order valence-electron chi connectivity index (χ4n) is 2.79. The topological polar surface area (TPSA) is 58.1 Å². The van der Waals surface area contributed by atoms with E-state index < -0.39 is 0 Å². The summed E-state index contributed by atoms with van der Waals surface area (Å²) in [7, 11) is 3.65. The minimum atomic E-state index is -0.0386. The molecule has 5 nitrogen and oxygen atoms in total. The van der Waals surface area contributed by atoms with Crippen LogP contribution in [0.15, 0.2) is 12.4 Å². The molecule has 2 unspecified atom stereocenters. The number of hydrogen-bond donors (Lipinski definition) is 1. The maximum Gasteiger partial charge on any atom is 0.274 e. The summed E-state index contributed by atoms with van der Waals surface area (Å²) in [6, 6.07) is 0.321. The van der Waals surface area contributed by atoms with Gasteiger partial charge in [0, 0.05) is 20.1 Å². The van der Waals surface area contributed by atoms with Gasteiger partial charge in [-0.3, -0.25) is 9.78 Å². The third kappa shape index (κ3) is 3.03. The first kappa shape index (κ1) is 13.8. The van der Waals surface area contributed by atoms with Crippen LogP contribution in [0.3, 0.4) is 0 Å². The van der Waals surface area contributed by atoms with E-state index in [2.05, 4.69) is 22.2 Å². The molecule has 1 fully saturated rings. The second-order valence-electron chi connectivity index (χ2n) is 5.28. The average Bonchev–Trinajstić information content (AvgIpc) is 2.46. The molecule has 0 spiro atoms. The summed E-state index contributed by atoms with van der Waals surface area (Å²) in [5.74, 6) is 1.14. The summed E-state index contributed by atoms with van der Waals surface area (Å²) in [6.07, 6.45) is 7.91. The molecule has 1 aromatic rings. The van der Waals surface area contributed by atoms with Gasteiger partial charge in [0.25, 0.3) is 5.91 Å². The maximum atomic E-state index is 12.5. The molecule has 5 heteroatoms. The number of nitrogens with one attached hydrogen (secondary N) is 1. The van der Waals surface area contributed by atoms with Crippen LogP contribution < -0.4 is 5.32 Å². The van der Waals surface area contributed by atoms with Crippen molar-refractivity contribution < 1.29 is 4.79 Å². The molecule has 0 aromatic carbocycles. The molecule has 104 valence electrons. The highest BCUT2D eigenvalue weighted by Gasteiger charge is 2.29. The number of aromatic nitrogens is 2. The van der Waals surface area contributed by atoms with Gasteiger partial charge in [-0.25, -0.2) is 4.98 Å². The Morgan fingerprint density at radius 3 is 2.79 bits per heavy atom. The van der Waals surface area contributed by atoms with E-state index in [1.54, 1.807) is 13.2 Å². The number of hydrogen-bond acceptors (Lipinski definition) is 4. The second-order valence-corrected chi connectivity index (χ2v) is 5.28. The van der Waals surface area contributed by atoms with Crippen molar-refractivity contribution in [2.45, 2.75) is 38.6 Å². The van der Waals surface area contributed by atoms with Crippen molar-refractivity contribution in [3.8, 4) is 0 Å². The summed E-state index contributed by atoms with van der Waals surface area (Å²) in [4.78, 5) is 22.6. The van der Waals surface area contributed by atoms with Crippen molar-refractivity contribution in [3.05, 3.63) is 18.1 Å². The van der Waals surface area contributed by atoms with Crippen LogP contribution in [-0.4, -0.2) is 40.9 Å². The molecule has 1 aromatic heterocycles. The van der Waals surface area contributed by atoms with Gasteiger partial charge in [-0.2, -0.15) is 0 Å². The summed E-state index contributed by atoms with van der Waals surface area (Å²) >= 11 is 0. The number of amides is 1.